The van der Waals surface area contributed by atoms with Gasteiger partial charge in [0.05, 0.1) is 16.7 Å². The van der Waals surface area contributed by atoms with E-state index in [1.54, 1.807) is 55.6 Å². The van der Waals surface area contributed by atoms with Gasteiger partial charge >= 0.3 is 0 Å². The summed E-state index contributed by atoms with van der Waals surface area (Å²) in [7, 11) is 1.56. The molecule has 5 aromatic rings. The third-order valence-electron chi connectivity index (χ3n) is 6.08. The van der Waals surface area contributed by atoms with E-state index in [0.29, 0.717) is 45.9 Å². The first-order valence-electron chi connectivity index (χ1n) is 12.3. The number of rotatable bonds is 8. The van der Waals surface area contributed by atoms with Crippen molar-refractivity contribution in [2.45, 2.75) is 32.4 Å². The molecule has 198 valence electrons. The molecule has 3 N–H and O–H groups in total. The lowest BCUT2D eigenvalue weighted by Gasteiger charge is -2.16. The third kappa shape index (κ3) is 6.00. The summed E-state index contributed by atoms with van der Waals surface area (Å²) in [6.07, 6.45) is 8.91. The molecule has 0 saturated heterocycles. The Kier molecular flexibility index (Phi) is 7.18. The normalized spacial score (nSPS) is 11.5. The Morgan fingerprint density at radius 2 is 1.90 bits per heavy atom. The summed E-state index contributed by atoms with van der Waals surface area (Å²) < 4.78 is 1.78. The number of hydrogen-bond donors (Lipinski definition) is 3. The predicted octanol–water partition coefficient (Wildman–Crippen LogP) is 4.39. The molecule has 11 heteroatoms. The molecule has 4 aromatic heterocycles. The van der Waals surface area contributed by atoms with Crippen LogP contribution in [0, 0.1) is 0 Å². The first kappa shape index (κ1) is 26.1. The van der Waals surface area contributed by atoms with Gasteiger partial charge in [-0.2, -0.15) is 5.10 Å². The Labute approximate surface area is 228 Å². The summed E-state index contributed by atoms with van der Waals surface area (Å²) >= 11 is 1.36. The highest BCUT2D eigenvalue weighted by molar-refractivity contribution is 7.13. The fourth-order valence-corrected chi connectivity index (χ4v) is 4.80. The van der Waals surface area contributed by atoms with Crippen molar-refractivity contribution in [3.8, 4) is 21.7 Å². The van der Waals surface area contributed by atoms with E-state index in [9.17, 15) is 14.7 Å². The van der Waals surface area contributed by atoms with E-state index in [1.165, 1.54) is 17.5 Å². The quantitative estimate of drug-likeness (QED) is 0.265. The van der Waals surface area contributed by atoms with Crippen LogP contribution < -0.4 is 10.6 Å². The predicted molar refractivity (Wildman–Crippen MR) is 151 cm³/mol. The van der Waals surface area contributed by atoms with Crippen molar-refractivity contribution in [3.05, 3.63) is 78.0 Å². The van der Waals surface area contributed by atoms with E-state index in [-0.39, 0.29) is 17.5 Å². The zero-order valence-corrected chi connectivity index (χ0v) is 22.5. The zero-order valence-electron chi connectivity index (χ0n) is 21.7. The molecule has 0 spiro atoms. The molecule has 0 aliphatic carbocycles. The van der Waals surface area contributed by atoms with Crippen LogP contribution in [0.2, 0.25) is 0 Å². The second-order valence-corrected chi connectivity index (χ2v) is 10.5. The minimum Gasteiger partial charge on any atom is -0.390 e. The van der Waals surface area contributed by atoms with E-state index in [2.05, 4.69) is 30.7 Å². The number of aliphatic hydroxyl groups is 1. The second kappa shape index (κ2) is 10.7. The van der Waals surface area contributed by atoms with E-state index in [0.717, 1.165) is 10.9 Å². The maximum atomic E-state index is 13.3. The van der Waals surface area contributed by atoms with Crippen molar-refractivity contribution in [3.63, 3.8) is 0 Å². The summed E-state index contributed by atoms with van der Waals surface area (Å²) in [5.41, 5.74) is 3.22. The monoisotopic (exact) mass is 541 g/mol. The number of carbonyl (C=O) groups excluding carboxylic acids is 2. The van der Waals surface area contributed by atoms with Gasteiger partial charge < -0.3 is 15.7 Å². The highest BCUT2D eigenvalue weighted by Crippen LogP contribution is 2.33. The van der Waals surface area contributed by atoms with Crippen LogP contribution in [0.1, 0.15) is 41.1 Å². The Hall–Kier alpha value is -4.48. The Morgan fingerprint density at radius 1 is 1.08 bits per heavy atom. The maximum absolute atomic E-state index is 13.3. The number of carbonyl (C=O) groups is 2. The molecule has 2 amide bonds. The number of benzene rings is 1. The fraction of sp³-hybridized carbons (Fsp3) is 0.214. The van der Waals surface area contributed by atoms with Crippen LogP contribution in [0.15, 0.2) is 66.7 Å². The number of aromatic nitrogens is 5. The van der Waals surface area contributed by atoms with Crippen LogP contribution in [0.5, 0.6) is 0 Å². The van der Waals surface area contributed by atoms with Crippen LogP contribution in [-0.4, -0.2) is 54.3 Å². The third-order valence-corrected chi connectivity index (χ3v) is 6.97. The van der Waals surface area contributed by atoms with Gasteiger partial charge in [0.1, 0.15) is 10.7 Å². The van der Waals surface area contributed by atoms with Gasteiger partial charge in [0.25, 0.3) is 11.8 Å². The number of nitrogens with zero attached hydrogens (tertiary/aromatic N) is 5. The van der Waals surface area contributed by atoms with Gasteiger partial charge in [-0.25, -0.2) is 4.98 Å². The first-order valence-corrected chi connectivity index (χ1v) is 13.2. The highest BCUT2D eigenvalue weighted by atomic mass is 32.1. The average molecular weight is 542 g/mol. The number of aryl methyl sites for hydroxylation is 1. The van der Waals surface area contributed by atoms with E-state index in [4.69, 9.17) is 0 Å². The molecule has 5 rings (SSSR count). The molecular formula is C28H27N7O3S. The number of nitrogens with one attached hydrogen (secondary N) is 2. The molecule has 39 heavy (non-hydrogen) atoms. The summed E-state index contributed by atoms with van der Waals surface area (Å²) in [4.78, 5) is 38.4. The summed E-state index contributed by atoms with van der Waals surface area (Å²) in [5, 5.41) is 23.6. The molecule has 0 aliphatic rings. The topological polar surface area (TPSA) is 135 Å². The van der Waals surface area contributed by atoms with E-state index < -0.39 is 5.60 Å². The Balaban J connectivity index is 1.52. The number of amides is 2. The molecule has 10 nitrogen and oxygen atoms in total. The second-order valence-electron chi connectivity index (χ2n) is 9.69. The lowest BCUT2D eigenvalue weighted by Crippen LogP contribution is -2.21. The molecular weight excluding hydrogens is 514 g/mol. The molecule has 0 bridgehead atoms. The van der Waals surface area contributed by atoms with Gasteiger partial charge in [0.15, 0.2) is 0 Å². The van der Waals surface area contributed by atoms with Crippen LogP contribution in [-0.2, 0) is 6.54 Å². The number of pyridine rings is 2. The number of thiazole rings is 1. The molecule has 0 unspecified atom stereocenters. The number of hydrogen-bond acceptors (Lipinski definition) is 8. The standard InChI is InChI=1S/C28H27N7O3S/c1-28(2,38)6-8-35-15-20-10-23(32-26(37)24-16-39-27(33-24)17-5-4-7-30-12-17)21(11-22(20)34-35)18-9-19(14-31-13-18)25(36)29-3/h4-5,7,9-16,38H,6,8H2,1-3H3,(H,29,36)(H,32,37). The molecule has 0 saturated carbocycles. The average Bonchev–Trinajstić information content (AvgIpc) is 3.58. The van der Waals surface area contributed by atoms with E-state index in [1.807, 2.05) is 30.5 Å². The fourth-order valence-electron chi connectivity index (χ4n) is 4.01. The van der Waals surface area contributed by atoms with Crippen molar-refractivity contribution < 1.29 is 14.7 Å². The molecule has 1 aromatic carbocycles. The molecule has 0 radical (unpaired) electrons. The van der Waals surface area contributed by atoms with Gasteiger partial charge in [0.2, 0.25) is 0 Å². The van der Waals surface area contributed by atoms with Gasteiger partial charge in [-0.3, -0.25) is 24.2 Å². The van der Waals surface area contributed by atoms with Crippen molar-refractivity contribution in [2.24, 2.45) is 0 Å². The van der Waals surface area contributed by atoms with Crippen molar-refractivity contribution in [2.75, 3.05) is 12.4 Å². The lowest BCUT2D eigenvalue weighted by molar-refractivity contribution is 0.0651. The molecule has 0 aliphatic heterocycles. The molecule has 4 heterocycles. The van der Waals surface area contributed by atoms with Gasteiger partial charge in [-0.15, -0.1) is 11.3 Å². The Morgan fingerprint density at radius 3 is 2.64 bits per heavy atom. The minimum atomic E-state index is -0.823. The SMILES string of the molecule is CNC(=O)c1cncc(-c2cc3nn(CCC(C)(C)O)cc3cc2NC(=O)c2csc(-c3cccnc3)n2)c1. The van der Waals surface area contributed by atoms with Crippen molar-refractivity contribution >= 4 is 39.7 Å². The molecule has 0 fully saturated rings. The summed E-state index contributed by atoms with van der Waals surface area (Å²) in [5.74, 6) is -0.635. The minimum absolute atomic E-state index is 0.266. The maximum Gasteiger partial charge on any atom is 0.275 e. The summed E-state index contributed by atoms with van der Waals surface area (Å²) in [6, 6.07) is 9.13. The van der Waals surface area contributed by atoms with E-state index >= 15 is 0 Å². The van der Waals surface area contributed by atoms with Crippen LogP contribution >= 0.6 is 11.3 Å². The van der Waals surface area contributed by atoms with Gasteiger partial charge in [-0.1, -0.05) is 0 Å². The zero-order chi connectivity index (χ0) is 27.6. The Bertz CT molecular complexity index is 1660. The van der Waals surface area contributed by atoms with Crippen LogP contribution in [0.4, 0.5) is 5.69 Å². The number of fused-ring (bicyclic) bond motifs is 1. The van der Waals surface area contributed by atoms with Gasteiger partial charge in [-0.05, 0) is 50.6 Å². The smallest absolute Gasteiger partial charge is 0.275 e. The van der Waals surface area contributed by atoms with Crippen LogP contribution in [0.3, 0.4) is 0 Å². The molecule has 0 atom stereocenters. The highest BCUT2D eigenvalue weighted by Gasteiger charge is 2.18. The largest absolute Gasteiger partial charge is 0.390 e. The van der Waals surface area contributed by atoms with Crippen LogP contribution in [0.25, 0.3) is 32.6 Å². The summed E-state index contributed by atoms with van der Waals surface area (Å²) in [6.45, 7) is 4.04. The van der Waals surface area contributed by atoms with Crippen molar-refractivity contribution in [1.29, 1.82) is 0 Å². The number of anilines is 1. The lowest BCUT2D eigenvalue weighted by atomic mass is 10.0. The first-order chi connectivity index (χ1) is 18.7. The van der Waals surface area contributed by atoms with Crippen molar-refractivity contribution in [1.82, 2.24) is 30.0 Å². The van der Waals surface area contributed by atoms with Gasteiger partial charge in [0, 0.05) is 77.7 Å².